The Balaban J connectivity index is 1.43. The summed E-state index contributed by atoms with van der Waals surface area (Å²) < 4.78 is 67.3. The van der Waals surface area contributed by atoms with Crippen molar-refractivity contribution in [3.8, 4) is 5.75 Å². The van der Waals surface area contributed by atoms with Gasteiger partial charge >= 0.3 is 6.18 Å². The van der Waals surface area contributed by atoms with Crippen LogP contribution < -0.4 is 15.4 Å². The summed E-state index contributed by atoms with van der Waals surface area (Å²) in [6.45, 7) is -0.911. The minimum Gasteiger partial charge on any atom is -0.484 e. The van der Waals surface area contributed by atoms with Gasteiger partial charge in [-0.1, -0.05) is 18.9 Å². The van der Waals surface area contributed by atoms with Crippen molar-refractivity contribution in [1.29, 1.82) is 0 Å². The number of amides is 2. The number of hydrogen-bond donors (Lipinski definition) is 2. The second-order valence-corrected chi connectivity index (χ2v) is 12.3. The van der Waals surface area contributed by atoms with Crippen LogP contribution in [0.5, 0.6) is 5.75 Å². The van der Waals surface area contributed by atoms with Crippen molar-refractivity contribution in [1.82, 2.24) is 15.1 Å². The number of anilines is 1. The number of nitrogens with one attached hydrogen (secondary N) is 2. The number of carbonyl (C=O) groups excluding carboxylic acids is 2. The molecule has 2 heterocycles. The zero-order valence-electron chi connectivity index (χ0n) is 20.2. The lowest BCUT2D eigenvalue weighted by molar-refractivity contribution is -0.153. The fourth-order valence-corrected chi connectivity index (χ4v) is 5.73. The monoisotopic (exact) mass is 540 g/mol. The van der Waals surface area contributed by atoms with Gasteiger partial charge in [0.15, 0.2) is 16.4 Å². The van der Waals surface area contributed by atoms with Crippen molar-refractivity contribution in [3.05, 3.63) is 40.6 Å². The van der Waals surface area contributed by atoms with Gasteiger partial charge in [0, 0.05) is 19.2 Å². The van der Waals surface area contributed by atoms with E-state index in [1.165, 1.54) is 6.07 Å². The van der Waals surface area contributed by atoms with Crippen molar-refractivity contribution < 1.29 is 35.9 Å². The highest BCUT2D eigenvalue weighted by Gasteiger charge is 2.46. The summed E-state index contributed by atoms with van der Waals surface area (Å²) in [5.41, 5.74) is 1.49. The van der Waals surface area contributed by atoms with Crippen LogP contribution in [0.3, 0.4) is 0 Å². The van der Waals surface area contributed by atoms with Crippen molar-refractivity contribution in [3.63, 3.8) is 0 Å². The highest BCUT2D eigenvalue weighted by Crippen LogP contribution is 2.44. The van der Waals surface area contributed by atoms with Crippen LogP contribution in [-0.2, 0) is 39.6 Å². The van der Waals surface area contributed by atoms with Gasteiger partial charge in [0.25, 0.3) is 5.91 Å². The maximum Gasteiger partial charge on any atom is 0.422 e. The SMILES string of the molecule is CS(=O)(=O)CC(=O)Nc1c2c(nn1CCC1CC1)C[C@@]1(CCc3cc(OCC(F)(F)F)ccc31)NC2=O. The minimum atomic E-state index is -4.44. The van der Waals surface area contributed by atoms with Crippen LogP contribution in [0.4, 0.5) is 19.0 Å². The van der Waals surface area contributed by atoms with Gasteiger partial charge in [-0.25, -0.2) is 13.1 Å². The highest BCUT2D eigenvalue weighted by atomic mass is 32.2. The zero-order chi connectivity index (χ0) is 26.6. The van der Waals surface area contributed by atoms with Crippen molar-refractivity contribution in [2.45, 2.75) is 56.8 Å². The molecule has 0 radical (unpaired) electrons. The van der Waals surface area contributed by atoms with Crippen LogP contribution in [0.25, 0.3) is 0 Å². The molecule has 2 aliphatic carbocycles. The third-order valence-electron chi connectivity index (χ3n) is 6.99. The molecule has 37 heavy (non-hydrogen) atoms. The summed E-state index contributed by atoms with van der Waals surface area (Å²) in [5.74, 6) is -1.05. The molecule has 5 rings (SSSR count). The van der Waals surface area contributed by atoms with E-state index >= 15 is 0 Å². The van der Waals surface area contributed by atoms with E-state index < -0.39 is 45.7 Å². The normalized spacial score (nSPS) is 20.9. The van der Waals surface area contributed by atoms with Gasteiger partial charge in [-0.15, -0.1) is 0 Å². The molecule has 0 bridgehead atoms. The molecule has 9 nitrogen and oxygen atoms in total. The highest BCUT2D eigenvalue weighted by molar-refractivity contribution is 7.91. The Morgan fingerprint density at radius 1 is 1.32 bits per heavy atom. The van der Waals surface area contributed by atoms with E-state index in [2.05, 4.69) is 15.7 Å². The molecule has 1 aromatic heterocycles. The van der Waals surface area contributed by atoms with E-state index in [0.29, 0.717) is 37.4 Å². The average molecular weight is 541 g/mol. The van der Waals surface area contributed by atoms with Gasteiger partial charge in [-0.2, -0.15) is 18.3 Å². The Kier molecular flexibility index (Phi) is 6.24. The van der Waals surface area contributed by atoms with E-state index in [1.54, 1.807) is 16.8 Å². The molecule has 0 unspecified atom stereocenters. The number of aryl methyl sites for hydroxylation is 2. The predicted molar refractivity (Wildman–Crippen MR) is 127 cm³/mol. The Labute approximate surface area is 211 Å². The fraction of sp³-hybridized carbons (Fsp3) is 0.542. The van der Waals surface area contributed by atoms with Crippen molar-refractivity contribution in [2.75, 3.05) is 23.9 Å². The van der Waals surface area contributed by atoms with E-state index in [0.717, 1.165) is 36.6 Å². The summed E-state index contributed by atoms with van der Waals surface area (Å²) in [7, 11) is -3.57. The molecule has 0 saturated heterocycles. The molecular weight excluding hydrogens is 513 g/mol. The first-order chi connectivity index (χ1) is 17.3. The number of benzene rings is 1. The lowest BCUT2D eigenvalue weighted by Gasteiger charge is -2.35. The van der Waals surface area contributed by atoms with Crippen LogP contribution in [0.1, 0.15) is 52.9 Å². The van der Waals surface area contributed by atoms with Crippen LogP contribution >= 0.6 is 0 Å². The largest absolute Gasteiger partial charge is 0.484 e. The molecule has 13 heteroatoms. The molecule has 1 fully saturated rings. The number of rotatable bonds is 8. The van der Waals surface area contributed by atoms with E-state index in [-0.39, 0.29) is 17.1 Å². The van der Waals surface area contributed by atoms with Crippen LogP contribution in [0.15, 0.2) is 18.2 Å². The molecular formula is C24H27F3N4O5S. The molecule has 1 atom stereocenters. The zero-order valence-corrected chi connectivity index (χ0v) is 21.0. The Morgan fingerprint density at radius 2 is 2.08 bits per heavy atom. The molecule has 2 N–H and O–H groups in total. The van der Waals surface area contributed by atoms with Crippen LogP contribution in [-0.4, -0.2) is 54.8 Å². The Bertz CT molecular complexity index is 1370. The summed E-state index contributed by atoms with van der Waals surface area (Å²) in [4.78, 5) is 25.8. The molecule has 3 aliphatic rings. The molecule has 1 aliphatic heterocycles. The number of carbonyl (C=O) groups is 2. The van der Waals surface area contributed by atoms with E-state index in [4.69, 9.17) is 4.74 Å². The third kappa shape index (κ3) is 5.60. The summed E-state index contributed by atoms with van der Waals surface area (Å²) in [6, 6.07) is 4.71. The Morgan fingerprint density at radius 3 is 2.76 bits per heavy atom. The number of fused-ring (bicyclic) bond motifs is 3. The van der Waals surface area contributed by atoms with Gasteiger partial charge in [0.2, 0.25) is 5.91 Å². The van der Waals surface area contributed by atoms with Gasteiger partial charge in [-0.05, 0) is 48.4 Å². The van der Waals surface area contributed by atoms with Gasteiger partial charge in [-0.3, -0.25) is 9.59 Å². The summed E-state index contributed by atoms with van der Waals surface area (Å²) in [5, 5.41) is 10.3. The van der Waals surface area contributed by atoms with E-state index in [9.17, 15) is 31.2 Å². The molecule has 200 valence electrons. The van der Waals surface area contributed by atoms with Gasteiger partial charge in [0.05, 0.1) is 11.2 Å². The minimum absolute atomic E-state index is 0.108. The van der Waals surface area contributed by atoms with Crippen molar-refractivity contribution in [2.24, 2.45) is 5.92 Å². The second-order valence-electron chi connectivity index (χ2n) is 10.2. The van der Waals surface area contributed by atoms with Crippen LogP contribution in [0.2, 0.25) is 0 Å². The van der Waals surface area contributed by atoms with E-state index in [1.807, 2.05) is 0 Å². The number of ether oxygens (including phenoxy) is 1. The maximum absolute atomic E-state index is 13.4. The standard InChI is InChI=1S/C24H27F3N4O5S/c1-37(34,35)12-19(32)28-21-20-18(30-31(21)9-7-14-2-3-14)11-23(29-22(20)33)8-6-15-10-16(4-5-17(15)23)36-13-24(25,26)27/h4-5,10,14H,2-3,6-9,11-13H2,1H3,(H,28,32)(H,29,33)/t23-/m1/s1. The summed E-state index contributed by atoms with van der Waals surface area (Å²) in [6.07, 6.45) is 0.967. The van der Waals surface area contributed by atoms with Crippen molar-refractivity contribution >= 4 is 27.5 Å². The molecule has 2 aromatic rings. The predicted octanol–water partition coefficient (Wildman–Crippen LogP) is 2.74. The maximum atomic E-state index is 13.4. The molecule has 1 aromatic carbocycles. The lowest BCUT2D eigenvalue weighted by atomic mass is 9.82. The summed E-state index contributed by atoms with van der Waals surface area (Å²) >= 11 is 0. The first-order valence-corrected chi connectivity index (χ1v) is 14.1. The smallest absolute Gasteiger partial charge is 0.422 e. The van der Waals surface area contributed by atoms with Gasteiger partial charge in [0.1, 0.15) is 22.9 Å². The first-order valence-electron chi connectivity index (χ1n) is 12.0. The Hall–Kier alpha value is -3.09. The lowest BCUT2D eigenvalue weighted by Crippen LogP contribution is -2.49. The number of sulfone groups is 1. The fourth-order valence-electron chi connectivity index (χ4n) is 5.19. The number of aromatic nitrogens is 2. The quantitative estimate of drug-likeness (QED) is 0.532. The number of nitrogens with zero attached hydrogens (tertiary/aromatic N) is 2. The van der Waals surface area contributed by atoms with Gasteiger partial charge < -0.3 is 15.4 Å². The topological polar surface area (TPSA) is 119 Å². The number of hydrogen-bond acceptors (Lipinski definition) is 6. The number of alkyl halides is 3. The molecule has 1 saturated carbocycles. The molecule has 1 spiro atoms. The second kappa shape index (κ2) is 9.03. The first kappa shape index (κ1) is 25.6. The van der Waals surface area contributed by atoms with Crippen LogP contribution in [0, 0.1) is 5.92 Å². The molecule has 2 amide bonds. The third-order valence-corrected chi connectivity index (χ3v) is 7.77. The average Bonchev–Trinajstić information content (AvgIpc) is 3.47. The number of halogens is 3.